The van der Waals surface area contributed by atoms with E-state index in [1.165, 1.54) is 0 Å². The first-order chi connectivity index (χ1) is 13.0. The monoisotopic (exact) mass is 423 g/mol. The van der Waals surface area contributed by atoms with Crippen LogP contribution in [-0.4, -0.2) is 28.5 Å². The van der Waals surface area contributed by atoms with Gasteiger partial charge in [0.05, 0.1) is 23.1 Å². The van der Waals surface area contributed by atoms with Crippen molar-refractivity contribution in [3.63, 3.8) is 0 Å². The van der Waals surface area contributed by atoms with Crippen LogP contribution in [-0.2, 0) is 4.79 Å². The normalized spacial score (nSPS) is 11.9. The van der Waals surface area contributed by atoms with Crippen molar-refractivity contribution in [2.45, 2.75) is 17.4 Å². The molecule has 1 amide bonds. The molecule has 0 fully saturated rings. The third-order valence-corrected chi connectivity index (χ3v) is 5.08. The summed E-state index contributed by atoms with van der Waals surface area (Å²) in [5.41, 5.74) is 1.21. The molecular formula is C18H15Cl2N3O3S. The molecule has 0 saturated carbocycles. The summed E-state index contributed by atoms with van der Waals surface area (Å²) < 4.78 is 10.8. The van der Waals surface area contributed by atoms with Crippen LogP contribution in [0.2, 0.25) is 10.0 Å². The Labute approximate surface area is 170 Å². The van der Waals surface area contributed by atoms with E-state index in [1.54, 1.807) is 44.4 Å². The number of halogens is 2. The summed E-state index contributed by atoms with van der Waals surface area (Å²) in [6.45, 7) is 1.73. The van der Waals surface area contributed by atoms with Crippen LogP contribution in [0.5, 0.6) is 5.75 Å². The smallest absolute Gasteiger partial charge is 0.277 e. The Morgan fingerprint density at radius 3 is 2.63 bits per heavy atom. The molecule has 6 nitrogen and oxygen atoms in total. The van der Waals surface area contributed by atoms with Crippen molar-refractivity contribution in [1.82, 2.24) is 10.2 Å². The van der Waals surface area contributed by atoms with Gasteiger partial charge in [0.1, 0.15) is 5.75 Å². The van der Waals surface area contributed by atoms with Gasteiger partial charge in [0.25, 0.3) is 5.22 Å². The first-order valence-electron chi connectivity index (χ1n) is 7.87. The minimum atomic E-state index is -0.482. The van der Waals surface area contributed by atoms with Crippen LogP contribution in [0.4, 0.5) is 5.69 Å². The number of hydrogen-bond donors (Lipinski definition) is 1. The standard InChI is InChI=1S/C18H15Cl2N3O3S/c1-10(16(24)21-15-9-12(19)5-8-14(15)20)27-18-23-22-17(26-18)11-3-6-13(25-2)7-4-11/h3-10H,1-2H3,(H,21,24). The van der Waals surface area contributed by atoms with Gasteiger partial charge < -0.3 is 14.5 Å². The van der Waals surface area contributed by atoms with E-state index >= 15 is 0 Å². The van der Waals surface area contributed by atoms with E-state index in [-0.39, 0.29) is 5.91 Å². The van der Waals surface area contributed by atoms with Crippen LogP contribution in [0.1, 0.15) is 6.92 Å². The van der Waals surface area contributed by atoms with Crippen LogP contribution in [0.3, 0.4) is 0 Å². The topological polar surface area (TPSA) is 77.2 Å². The number of carbonyl (C=O) groups is 1. The van der Waals surface area contributed by atoms with Gasteiger partial charge in [-0.3, -0.25) is 4.79 Å². The molecule has 0 bridgehead atoms. The van der Waals surface area contributed by atoms with Crippen molar-refractivity contribution in [2.75, 3.05) is 12.4 Å². The molecule has 1 N–H and O–H groups in total. The summed E-state index contributed by atoms with van der Waals surface area (Å²) in [6, 6.07) is 12.1. The first-order valence-corrected chi connectivity index (χ1v) is 9.50. The molecule has 9 heteroatoms. The highest BCUT2D eigenvalue weighted by Gasteiger charge is 2.20. The molecule has 27 heavy (non-hydrogen) atoms. The van der Waals surface area contributed by atoms with Crippen molar-refractivity contribution in [2.24, 2.45) is 0 Å². The molecule has 1 atom stereocenters. The van der Waals surface area contributed by atoms with Crippen LogP contribution in [0.25, 0.3) is 11.5 Å². The molecule has 0 aliphatic heterocycles. The summed E-state index contributed by atoms with van der Waals surface area (Å²) in [4.78, 5) is 12.4. The zero-order chi connectivity index (χ0) is 19.4. The lowest BCUT2D eigenvalue weighted by atomic mass is 10.2. The maximum absolute atomic E-state index is 12.4. The van der Waals surface area contributed by atoms with E-state index in [9.17, 15) is 4.79 Å². The number of nitrogens with zero attached hydrogens (tertiary/aromatic N) is 2. The molecule has 0 spiro atoms. The Hall–Kier alpha value is -2.22. The highest BCUT2D eigenvalue weighted by atomic mass is 35.5. The Balaban J connectivity index is 1.65. The number of thioether (sulfide) groups is 1. The Morgan fingerprint density at radius 1 is 1.19 bits per heavy atom. The fourth-order valence-corrected chi connectivity index (χ4v) is 3.16. The van der Waals surface area contributed by atoms with Crippen LogP contribution < -0.4 is 10.1 Å². The summed E-state index contributed by atoms with van der Waals surface area (Å²) in [7, 11) is 1.60. The average molecular weight is 424 g/mol. The van der Waals surface area contributed by atoms with E-state index < -0.39 is 5.25 Å². The second-order valence-corrected chi connectivity index (χ2v) is 7.61. The molecule has 0 radical (unpaired) electrons. The molecular weight excluding hydrogens is 409 g/mol. The number of amides is 1. The highest BCUT2D eigenvalue weighted by Crippen LogP contribution is 2.29. The number of carbonyl (C=O) groups excluding carboxylic acids is 1. The maximum Gasteiger partial charge on any atom is 0.277 e. The van der Waals surface area contributed by atoms with E-state index in [4.69, 9.17) is 32.4 Å². The van der Waals surface area contributed by atoms with E-state index in [0.29, 0.717) is 26.8 Å². The minimum absolute atomic E-state index is 0.256. The number of anilines is 1. The second-order valence-electron chi connectivity index (χ2n) is 5.48. The third-order valence-electron chi connectivity index (χ3n) is 3.58. The van der Waals surface area contributed by atoms with Crippen molar-refractivity contribution < 1.29 is 13.9 Å². The van der Waals surface area contributed by atoms with Crippen molar-refractivity contribution >= 4 is 46.6 Å². The fourth-order valence-electron chi connectivity index (χ4n) is 2.14. The fraction of sp³-hybridized carbons (Fsp3) is 0.167. The zero-order valence-corrected chi connectivity index (χ0v) is 16.7. The summed E-state index contributed by atoms with van der Waals surface area (Å²) in [5.74, 6) is 0.844. The Morgan fingerprint density at radius 2 is 1.93 bits per heavy atom. The Bertz CT molecular complexity index is 947. The molecule has 140 valence electrons. The van der Waals surface area contributed by atoms with E-state index in [0.717, 1.165) is 23.1 Å². The number of aromatic nitrogens is 2. The van der Waals surface area contributed by atoms with Gasteiger partial charge in [-0.15, -0.1) is 10.2 Å². The molecule has 1 aromatic heterocycles. The zero-order valence-electron chi connectivity index (χ0n) is 14.4. The van der Waals surface area contributed by atoms with Crippen molar-refractivity contribution in [3.8, 4) is 17.2 Å². The predicted molar refractivity (Wildman–Crippen MR) is 107 cm³/mol. The van der Waals surface area contributed by atoms with E-state index in [2.05, 4.69) is 15.5 Å². The van der Waals surface area contributed by atoms with Gasteiger partial charge in [0.2, 0.25) is 11.8 Å². The summed E-state index contributed by atoms with van der Waals surface area (Å²) in [5, 5.41) is 11.4. The number of rotatable bonds is 6. The van der Waals surface area contributed by atoms with Gasteiger partial charge in [0, 0.05) is 10.6 Å². The quantitative estimate of drug-likeness (QED) is 0.550. The van der Waals surface area contributed by atoms with Gasteiger partial charge in [-0.2, -0.15) is 0 Å². The van der Waals surface area contributed by atoms with Crippen molar-refractivity contribution in [3.05, 3.63) is 52.5 Å². The third kappa shape index (κ3) is 4.94. The van der Waals surface area contributed by atoms with Gasteiger partial charge >= 0.3 is 0 Å². The number of hydrogen-bond acceptors (Lipinski definition) is 6. The molecule has 1 unspecified atom stereocenters. The minimum Gasteiger partial charge on any atom is -0.497 e. The largest absolute Gasteiger partial charge is 0.497 e. The van der Waals surface area contributed by atoms with Gasteiger partial charge in [-0.1, -0.05) is 35.0 Å². The molecule has 0 saturated heterocycles. The van der Waals surface area contributed by atoms with Crippen LogP contribution >= 0.6 is 35.0 Å². The van der Waals surface area contributed by atoms with E-state index in [1.807, 2.05) is 12.1 Å². The Kier molecular flexibility index (Phi) is 6.26. The molecule has 0 aliphatic rings. The maximum atomic E-state index is 12.4. The second kappa shape index (κ2) is 8.65. The highest BCUT2D eigenvalue weighted by molar-refractivity contribution is 8.00. The predicted octanol–water partition coefficient (Wildman–Crippen LogP) is 5.17. The summed E-state index contributed by atoms with van der Waals surface area (Å²) >= 11 is 13.2. The molecule has 2 aromatic carbocycles. The number of methoxy groups -OCH3 is 1. The number of ether oxygens (including phenoxy) is 1. The SMILES string of the molecule is COc1ccc(-c2nnc(SC(C)C(=O)Nc3cc(Cl)ccc3Cl)o2)cc1. The summed E-state index contributed by atoms with van der Waals surface area (Å²) in [6.07, 6.45) is 0. The van der Waals surface area contributed by atoms with Gasteiger partial charge in [0.15, 0.2) is 0 Å². The molecule has 1 heterocycles. The first kappa shape index (κ1) is 19.5. The lowest BCUT2D eigenvalue weighted by Crippen LogP contribution is -2.22. The van der Waals surface area contributed by atoms with Gasteiger partial charge in [-0.05, 0) is 49.4 Å². The lowest BCUT2D eigenvalue weighted by Gasteiger charge is -2.11. The van der Waals surface area contributed by atoms with Crippen LogP contribution in [0, 0.1) is 0 Å². The number of benzene rings is 2. The lowest BCUT2D eigenvalue weighted by molar-refractivity contribution is -0.115. The van der Waals surface area contributed by atoms with Crippen molar-refractivity contribution in [1.29, 1.82) is 0 Å². The molecule has 3 rings (SSSR count). The van der Waals surface area contributed by atoms with Crippen LogP contribution in [0.15, 0.2) is 52.1 Å². The number of nitrogens with one attached hydrogen (secondary N) is 1. The molecule has 0 aliphatic carbocycles. The molecule has 3 aromatic rings. The average Bonchev–Trinajstić information content (AvgIpc) is 3.13. The van der Waals surface area contributed by atoms with Gasteiger partial charge in [-0.25, -0.2) is 0 Å².